The van der Waals surface area contributed by atoms with Gasteiger partial charge in [0.25, 0.3) is 5.97 Å². The lowest BCUT2D eigenvalue weighted by Gasteiger charge is -2.19. The van der Waals surface area contributed by atoms with E-state index in [1.165, 1.54) is 0 Å². The molecule has 0 heterocycles. The van der Waals surface area contributed by atoms with Crippen LogP contribution in [0.25, 0.3) is 0 Å². The minimum Gasteiger partial charge on any atom is -0.342 e. The quantitative estimate of drug-likeness (QED) is 0.421. The number of rotatable bonds is 4. The van der Waals surface area contributed by atoms with Crippen LogP contribution in [0.1, 0.15) is 26.2 Å². The van der Waals surface area contributed by atoms with E-state index in [0.29, 0.717) is 6.42 Å². The molecule has 0 aliphatic heterocycles. The molecule has 0 spiro atoms. The number of unbranched alkanes of at least 4 members (excludes halogenated alkanes) is 1. The Kier molecular flexibility index (Phi) is 4.20. The van der Waals surface area contributed by atoms with E-state index < -0.39 is 11.4 Å². The fourth-order valence-corrected chi connectivity index (χ4v) is 0.731. The standard InChI is InChI=1S/C6H13ClO3/c1-2-3-4-5(7)6(8,9)10/h5,8-10H,2-4H2,1H3. The third-order valence-electron chi connectivity index (χ3n) is 1.23. The molecule has 3 N–H and O–H groups in total. The Bertz CT molecular complexity index is 89.5. The zero-order valence-electron chi connectivity index (χ0n) is 5.92. The van der Waals surface area contributed by atoms with Crippen molar-refractivity contribution in [3.05, 3.63) is 0 Å². The second-order valence-corrected chi connectivity index (χ2v) is 2.82. The molecule has 0 radical (unpaired) electrons. The summed E-state index contributed by atoms with van der Waals surface area (Å²) in [5, 5.41) is 24.5. The van der Waals surface area contributed by atoms with Crippen LogP contribution in [-0.2, 0) is 0 Å². The minimum absolute atomic E-state index is 0.404. The number of hydrogen-bond acceptors (Lipinski definition) is 3. The maximum absolute atomic E-state index is 8.49. The second kappa shape index (κ2) is 4.13. The van der Waals surface area contributed by atoms with Gasteiger partial charge < -0.3 is 15.3 Å². The van der Waals surface area contributed by atoms with Gasteiger partial charge in [0.05, 0.1) is 0 Å². The number of halogens is 1. The number of aliphatic hydroxyl groups is 3. The Hall–Kier alpha value is 0.170. The van der Waals surface area contributed by atoms with Crippen molar-refractivity contribution in [1.29, 1.82) is 0 Å². The predicted molar refractivity (Wildman–Crippen MR) is 38.6 cm³/mol. The molecule has 0 aliphatic rings. The zero-order chi connectivity index (χ0) is 8.20. The molecule has 0 aromatic rings. The van der Waals surface area contributed by atoms with Crippen molar-refractivity contribution in [3.8, 4) is 0 Å². The molecule has 4 heteroatoms. The molecule has 10 heavy (non-hydrogen) atoms. The Balaban J connectivity index is 3.52. The molecule has 0 aromatic heterocycles. The van der Waals surface area contributed by atoms with Crippen LogP contribution in [0.5, 0.6) is 0 Å². The second-order valence-electron chi connectivity index (χ2n) is 2.30. The summed E-state index contributed by atoms with van der Waals surface area (Å²) >= 11 is 5.39. The van der Waals surface area contributed by atoms with Crippen molar-refractivity contribution in [2.24, 2.45) is 0 Å². The van der Waals surface area contributed by atoms with Crippen LogP contribution >= 0.6 is 11.6 Å². The van der Waals surface area contributed by atoms with Crippen molar-refractivity contribution in [3.63, 3.8) is 0 Å². The first-order chi connectivity index (χ1) is 4.48. The molecular weight excluding hydrogens is 156 g/mol. The first-order valence-corrected chi connectivity index (χ1v) is 3.73. The molecule has 0 amide bonds. The Labute approximate surface area is 65.2 Å². The van der Waals surface area contributed by atoms with Gasteiger partial charge in [0, 0.05) is 0 Å². The van der Waals surface area contributed by atoms with Crippen LogP contribution in [0.15, 0.2) is 0 Å². The lowest BCUT2D eigenvalue weighted by atomic mass is 10.2. The molecule has 0 saturated carbocycles. The van der Waals surface area contributed by atoms with Crippen LogP contribution in [0.2, 0.25) is 0 Å². The summed E-state index contributed by atoms with van der Waals surface area (Å²) in [5.41, 5.74) is 0. The van der Waals surface area contributed by atoms with E-state index in [9.17, 15) is 0 Å². The van der Waals surface area contributed by atoms with Crippen LogP contribution in [0.3, 0.4) is 0 Å². The summed E-state index contributed by atoms with van der Waals surface area (Å²) in [4.78, 5) is 0. The van der Waals surface area contributed by atoms with Gasteiger partial charge in [-0.1, -0.05) is 19.8 Å². The van der Waals surface area contributed by atoms with Crippen LogP contribution in [0.4, 0.5) is 0 Å². The van der Waals surface area contributed by atoms with Gasteiger partial charge in [-0.05, 0) is 6.42 Å². The summed E-state index contributed by atoms with van der Waals surface area (Å²) in [5.74, 6) is -2.73. The highest BCUT2D eigenvalue weighted by atomic mass is 35.5. The lowest BCUT2D eigenvalue weighted by Crippen LogP contribution is -2.38. The number of alkyl halides is 1. The van der Waals surface area contributed by atoms with Gasteiger partial charge in [-0.25, -0.2) is 0 Å². The molecule has 62 valence electrons. The number of hydrogen-bond donors (Lipinski definition) is 3. The fraction of sp³-hybridized carbons (Fsp3) is 1.00. The maximum atomic E-state index is 8.49. The molecule has 0 bridgehead atoms. The molecule has 1 unspecified atom stereocenters. The smallest absolute Gasteiger partial charge is 0.292 e. The van der Waals surface area contributed by atoms with Gasteiger partial charge in [0.2, 0.25) is 0 Å². The van der Waals surface area contributed by atoms with E-state index in [4.69, 9.17) is 26.9 Å². The van der Waals surface area contributed by atoms with E-state index in [-0.39, 0.29) is 0 Å². The van der Waals surface area contributed by atoms with Crippen molar-refractivity contribution < 1.29 is 15.3 Å². The van der Waals surface area contributed by atoms with E-state index in [1.54, 1.807) is 0 Å². The zero-order valence-corrected chi connectivity index (χ0v) is 6.67. The molecule has 0 fully saturated rings. The first kappa shape index (κ1) is 10.2. The lowest BCUT2D eigenvalue weighted by molar-refractivity contribution is -0.311. The Morgan fingerprint density at radius 2 is 1.90 bits per heavy atom. The van der Waals surface area contributed by atoms with Crippen molar-refractivity contribution in [2.45, 2.75) is 37.5 Å². The van der Waals surface area contributed by atoms with E-state index in [1.807, 2.05) is 6.92 Å². The Morgan fingerprint density at radius 3 is 2.20 bits per heavy atom. The van der Waals surface area contributed by atoms with Crippen molar-refractivity contribution in [1.82, 2.24) is 0 Å². The van der Waals surface area contributed by atoms with Crippen LogP contribution < -0.4 is 0 Å². The van der Waals surface area contributed by atoms with Gasteiger partial charge in [0.1, 0.15) is 5.38 Å². The molecule has 0 aromatic carbocycles. The third-order valence-corrected chi connectivity index (χ3v) is 1.74. The molecule has 0 aliphatic carbocycles. The normalized spacial score (nSPS) is 15.3. The summed E-state index contributed by atoms with van der Waals surface area (Å²) in [6.45, 7) is 1.96. The first-order valence-electron chi connectivity index (χ1n) is 3.29. The third kappa shape index (κ3) is 4.06. The monoisotopic (exact) mass is 168 g/mol. The van der Waals surface area contributed by atoms with Gasteiger partial charge in [0.15, 0.2) is 0 Å². The summed E-state index contributed by atoms with van der Waals surface area (Å²) in [7, 11) is 0. The predicted octanol–water partition coefficient (Wildman–Crippen LogP) is 0.415. The molecular formula is C6H13ClO3. The highest BCUT2D eigenvalue weighted by Crippen LogP contribution is 2.16. The SMILES string of the molecule is CCCCC(Cl)C(O)(O)O. The molecule has 0 rings (SSSR count). The summed E-state index contributed by atoms with van der Waals surface area (Å²) in [6, 6.07) is 0. The van der Waals surface area contributed by atoms with Gasteiger partial charge in [-0.3, -0.25) is 0 Å². The van der Waals surface area contributed by atoms with Gasteiger partial charge in [-0.15, -0.1) is 11.6 Å². The van der Waals surface area contributed by atoms with Crippen molar-refractivity contribution in [2.75, 3.05) is 0 Å². The molecule has 1 atom stereocenters. The van der Waals surface area contributed by atoms with Crippen molar-refractivity contribution >= 4 is 11.6 Å². The summed E-state index contributed by atoms with van der Waals surface area (Å²) in [6.07, 6.45) is 2.10. The van der Waals surface area contributed by atoms with E-state index in [0.717, 1.165) is 12.8 Å². The topological polar surface area (TPSA) is 60.7 Å². The maximum Gasteiger partial charge on any atom is 0.292 e. The van der Waals surface area contributed by atoms with E-state index >= 15 is 0 Å². The Morgan fingerprint density at radius 1 is 1.40 bits per heavy atom. The molecule has 0 saturated heterocycles. The van der Waals surface area contributed by atoms with E-state index in [2.05, 4.69) is 0 Å². The van der Waals surface area contributed by atoms with Gasteiger partial charge in [-0.2, -0.15) is 0 Å². The van der Waals surface area contributed by atoms with Crippen LogP contribution in [-0.4, -0.2) is 26.7 Å². The highest BCUT2D eigenvalue weighted by Gasteiger charge is 2.29. The largest absolute Gasteiger partial charge is 0.342 e. The summed E-state index contributed by atoms with van der Waals surface area (Å²) < 4.78 is 0. The van der Waals surface area contributed by atoms with Crippen LogP contribution in [0, 0.1) is 0 Å². The average molecular weight is 169 g/mol. The van der Waals surface area contributed by atoms with Gasteiger partial charge >= 0.3 is 0 Å². The highest BCUT2D eigenvalue weighted by molar-refractivity contribution is 6.21. The average Bonchev–Trinajstić information content (AvgIpc) is 1.80. The fourth-order valence-electron chi connectivity index (χ4n) is 0.577. The minimum atomic E-state index is -2.73. The molecule has 3 nitrogen and oxygen atoms in total.